The van der Waals surface area contributed by atoms with E-state index in [1.54, 1.807) is 0 Å². The molecule has 7 heteroatoms. The molecule has 0 fully saturated rings. The second kappa shape index (κ2) is 3.11. The summed E-state index contributed by atoms with van der Waals surface area (Å²) in [6, 6.07) is 0. The van der Waals surface area contributed by atoms with Gasteiger partial charge in [0.1, 0.15) is 17.5 Å². The highest BCUT2D eigenvalue weighted by Gasteiger charge is 2.31. The maximum atomic E-state index is 10.4. The van der Waals surface area contributed by atoms with Crippen LogP contribution in [0.25, 0.3) is 0 Å². The van der Waals surface area contributed by atoms with Crippen molar-refractivity contribution in [1.82, 2.24) is 10.2 Å². The van der Waals surface area contributed by atoms with Gasteiger partial charge in [0.25, 0.3) is 0 Å². The maximum absolute atomic E-state index is 10.4. The Morgan fingerprint density at radius 3 is 3.00 bits per heavy atom. The largest absolute Gasteiger partial charge is 0.382 e. The molecule has 0 aromatic carbocycles. The Hall–Kier alpha value is -1.47. The van der Waals surface area contributed by atoms with Gasteiger partial charge in [0.15, 0.2) is 0 Å². The molecule has 13 heavy (non-hydrogen) atoms. The van der Waals surface area contributed by atoms with E-state index in [9.17, 15) is 15.2 Å². The van der Waals surface area contributed by atoms with Crippen LogP contribution < -0.4 is 5.73 Å². The van der Waals surface area contributed by atoms with E-state index in [-0.39, 0.29) is 17.9 Å². The monoisotopic (exact) mass is 186 g/mol. The summed E-state index contributed by atoms with van der Waals surface area (Å²) in [6.07, 6.45) is 1.04. The fourth-order valence-electron chi connectivity index (χ4n) is 0.917. The summed E-state index contributed by atoms with van der Waals surface area (Å²) in [5.74, 6) is 0. The summed E-state index contributed by atoms with van der Waals surface area (Å²) >= 11 is 0. The number of aromatic amines is 1. The minimum absolute atomic E-state index is 0.0278. The summed E-state index contributed by atoms with van der Waals surface area (Å²) in [5.41, 5.74) is 3.57. The Labute approximate surface area is 73.7 Å². The summed E-state index contributed by atoms with van der Waals surface area (Å²) in [6.45, 7) is 1.27. The first-order valence-electron chi connectivity index (χ1n) is 3.59. The van der Waals surface area contributed by atoms with Crippen LogP contribution >= 0.6 is 0 Å². The predicted molar refractivity (Wildman–Crippen MR) is 43.9 cm³/mol. The van der Waals surface area contributed by atoms with Gasteiger partial charge in [-0.3, -0.25) is 15.2 Å². The zero-order valence-electron chi connectivity index (χ0n) is 7.02. The van der Waals surface area contributed by atoms with Crippen LogP contribution in [-0.4, -0.2) is 26.8 Å². The van der Waals surface area contributed by atoms with Crippen molar-refractivity contribution in [3.63, 3.8) is 0 Å². The van der Waals surface area contributed by atoms with Crippen molar-refractivity contribution in [3.05, 3.63) is 22.0 Å². The molecule has 0 saturated heterocycles. The van der Waals surface area contributed by atoms with E-state index in [0.29, 0.717) is 0 Å². The number of nitrogens with two attached hydrogens (primary N) is 1. The molecule has 0 saturated carbocycles. The molecule has 1 rings (SSSR count). The van der Waals surface area contributed by atoms with Crippen LogP contribution in [0.2, 0.25) is 0 Å². The number of hydrogen-bond acceptors (Lipinski definition) is 5. The number of aliphatic hydroxyl groups is 1. The van der Waals surface area contributed by atoms with Crippen LogP contribution in [0.5, 0.6) is 0 Å². The fraction of sp³-hybridized carbons (Fsp3) is 0.500. The predicted octanol–water partition coefficient (Wildman–Crippen LogP) is -0.516. The van der Waals surface area contributed by atoms with Gasteiger partial charge in [-0.1, -0.05) is 0 Å². The number of aromatic nitrogens is 2. The van der Waals surface area contributed by atoms with Gasteiger partial charge in [-0.15, -0.1) is 0 Å². The molecule has 0 aliphatic heterocycles. The Kier molecular flexibility index (Phi) is 2.30. The molecule has 72 valence electrons. The lowest BCUT2D eigenvalue weighted by Gasteiger charge is -2.17. The maximum Gasteiger partial charge on any atom is 0.312 e. The van der Waals surface area contributed by atoms with Gasteiger partial charge >= 0.3 is 5.69 Å². The molecule has 0 radical (unpaired) electrons. The van der Waals surface area contributed by atoms with Gasteiger partial charge in [0, 0.05) is 6.54 Å². The van der Waals surface area contributed by atoms with Crippen LogP contribution in [0.1, 0.15) is 12.6 Å². The summed E-state index contributed by atoms with van der Waals surface area (Å²) in [7, 11) is 0. The minimum Gasteiger partial charge on any atom is -0.382 e. The number of rotatable bonds is 3. The van der Waals surface area contributed by atoms with Crippen molar-refractivity contribution in [1.29, 1.82) is 0 Å². The van der Waals surface area contributed by atoms with Gasteiger partial charge in [-0.25, -0.2) is 0 Å². The van der Waals surface area contributed by atoms with Crippen molar-refractivity contribution in [2.24, 2.45) is 5.73 Å². The first-order valence-corrected chi connectivity index (χ1v) is 3.59. The van der Waals surface area contributed by atoms with Crippen molar-refractivity contribution < 1.29 is 10.0 Å². The van der Waals surface area contributed by atoms with Gasteiger partial charge in [0.2, 0.25) is 0 Å². The number of hydrogen-bond donors (Lipinski definition) is 3. The van der Waals surface area contributed by atoms with E-state index in [2.05, 4.69) is 10.2 Å². The molecule has 0 aliphatic carbocycles. The third-order valence-corrected chi connectivity index (χ3v) is 1.75. The third-order valence-electron chi connectivity index (χ3n) is 1.75. The fourth-order valence-corrected chi connectivity index (χ4v) is 0.917. The average molecular weight is 186 g/mol. The van der Waals surface area contributed by atoms with E-state index in [0.717, 1.165) is 6.20 Å². The molecule has 1 unspecified atom stereocenters. The second-order valence-corrected chi connectivity index (χ2v) is 2.87. The topological polar surface area (TPSA) is 118 Å². The van der Waals surface area contributed by atoms with E-state index in [1.165, 1.54) is 6.92 Å². The zero-order chi connectivity index (χ0) is 10.1. The van der Waals surface area contributed by atoms with Crippen molar-refractivity contribution in [2.75, 3.05) is 6.54 Å². The first-order chi connectivity index (χ1) is 5.99. The smallest absolute Gasteiger partial charge is 0.312 e. The highest BCUT2D eigenvalue weighted by molar-refractivity contribution is 5.36. The molecule has 0 bridgehead atoms. The molecule has 1 heterocycles. The van der Waals surface area contributed by atoms with Crippen LogP contribution in [0, 0.1) is 10.1 Å². The molecule has 0 amide bonds. The third kappa shape index (κ3) is 1.65. The molecule has 1 atom stereocenters. The van der Waals surface area contributed by atoms with Gasteiger partial charge < -0.3 is 10.8 Å². The quantitative estimate of drug-likeness (QED) is 0.433. The van der Waals surface area contributed by atoms with Crippen molar-refractivity contribution in [2.45, 2.75) is 12.5 Å². The molecule has 1 aromatic heterocycles. The lowest BCUT2D eigenvalue weighted by atomic mass is 10.0. The zero-order valence-corrected chi connectivity index (χ0v) is 7.02. The van der Waals surface area contributed by atoms with E-state index >= 15 is 0 Å². The Balaban J connectivity index is 3.14. The van der Waals surface area contributed by atoms with E-state index < -0.39 is 10.5 Å². The molecular weight excluding hydrogens is 176 g/mol. The molecule has 0 spiro atoms. The normalized spacial score (nSPS) is 15.3. The number of nitrogens with one attached hydrogen (secondary N) is 1. The van der Waals surface area contributed by atoms with Crippen LogP contribution in [0.15, 0.2) is 6.20 Å². The summed E-state index contributed by atoms with van der Waals surface area (Å²) in [4.78, 5) is 9.82. The second-order valence-electron chi connectivity index (χ2n) is 2.87. The minimum atomic E-state index is -1.45. The number of H-pyrrole nitrogens is 1. The number of nitro groups is 1. The standard InChI is InChI=1S/C6H10N4O3/c1-6(11,3-7)5-4(10(12)13)2-8-9-5/h2,11H,3,7H2,1H3,(H,8,9). The van der Waals surface area contributed by atoms with Gasteiger partial charge in [0.05, 0.1) is 4.92 Å². The van der Waals surface area contributed by atoms with E-state index in [4.69, 9.17) is 5.73 Å². The summed E-state index contributed by atoms with van der Waals surface area (Å²) < 4.78 is 0. The van der Waals surface area contributed by atoms with Crippen LogP contribution in [0.4, 0.5) is 5.69 Å². The van der Waals surface area contributed by atoms with E-state index in [1.807, 2.05) is 0 Å². The van der Waals surface area contributed by atoms with Crippen LogP contribution in [0.3, 0.4) is 0 Å². The van der Waals surface area contributed by atoms with Gasteiger partial charge in [-0.2, -0.15) is 5.10 Å². The van der Waals surface area contributed by atoms with Crippen LogP contribution in [-0.2, 0) is 5.60 Å². The molecule has 0 aliphatic rings. The van der Waals surface area contributed by atoms with Gasteiger partial charge in [-0.05, 0) is 6.92 Å². The summed E-state index contributed by atoms with van der Waals surface area (Å²) in [5, 5.41) is 25.9. The molecular formula is C6H10N4O3. The molecule has 1 aromatic rings. The first kappa shape index (κ1) is 9.62. The lowest BCUT2D eigenvalue weighted by molar-refractivity contribution is -0.386. The Bertz CT molecular complexity index is 319. The van der Waals surface area contributed by atoms with Crippen molar-refractivity contribution >= 4 is 5.69 Å². The lowest BCUT2D eigenvalue weighted by Crippen LogP contribution is -2.32. The molecule has 7 nitrogen and oxygen atoms in total. The highest BCUT2D eigenvalue weighted by atomic mass is 16.6. The molecule has 4 N–H and O–H groups in total. The average Bonchev–Trinajstić information content (AvgIpc) is 2.52. The Morgan fingerprint density at radius 1 is 1.92 bits per heavy atom. The highest BCUT2D eigenvalue weighted by Crippen LogP contribution is 2.25. The SMILES string of the molecule is CC(O)(CN)c1[nH]ncc1[N+](=O)[O-]. The van der Waals surface area contributed by atoms with Crippen molar-refractivity contribution in [3.8, 4) is 0 Å². The Morgan fingerprint density at radius 2 is 2.54 bits per heavy atom. The number of nitrogens with zero attached hydrogens (tertiary/aromatic N) is 2.